The second-order valence-electron chi connectivity index (χ2n) is 25.8. The van der Waals surface area contributed by atoms with E-state index in [1.54, 1.807) is 0 Å². The van der Waals surface area contributed by atoms with Crippen molar-refractivity contribution < 1.29 is 75.8 Å². The van der Waals surface area contributed by atoms with Gasteiger partial charge in [0.1, 0.15) is 25.4 Å². The highest BCUT2D eigenvalue weighted by Gasteiger charge is 2.29. The molecule has 0 bridgehead atoms. The summed E-state index contributed by atoms with van der Waals surface area (Å²) in [5.74, 6) is -1.62. The monoisotopic (exact) mass is 1450 g/mol. The van der Waals surface area contributed by atoms with Gasteiger partial charge in [-0.15, -0.1) is 0 Å². The van der Waals surface area contributed by atoms with Gasteiger partial charge >= 0.3 is 33.6 Å². The van der Waals surface area contributed by atoms with Gasteiger partial charge in [-0.25, -0.2) is 9.13 Å². The van der Waals surface area contributed by atoms with Gasteiger partial charge in [-0.3, -0.25) is 32.5 Å². The number of ether oxygens (including phenoxy) is 3. The maximum absolute atomic E-state index is 12.9. The largest absolute Gasteiger partial charge is 0.472 e. The number of carbonyl (C=O) groups excluding carboxylic acids is 3. The topological polar surface area (TPSA) is 231 Å². The van der Waals surface area contributed by atoms with Gasteiger partial charge in [0.05, 0.1) is 26.4 Å². The van der Waals surface area contributed by atoms with E-state index in [1.807, 2.05) is 0 Å². The fourth-order valence-corrected chi connectivity index (χ4v) is 11.7. The molecule has 578 valence electrons. The van der Waals surface area contributed by atoms with Crippen molar-refractivity contribution in [1.29, 1.82) is 0 Å². The first kappa shape index (κ1) is 96.4. The first-order valence-electron chi connectivity index (χ1n) is 39.1. The summed E-state index contributed by atoms with van der Waals surface area (Å²) in [6.45, 7) is 2.43. The highest BCUT2D eigenvalue weighted by Crippen LogP contribution is 2.45. The fraction of sp³-hybridized carbons (Fsp3) is 0.675. The number of hydrogen-bond donors (Lipinski definition) is 4. The van der Waals surface area contributed by atoms with Gasteiger partial charge in [0, 0.05) is 19.3 Å². The molecule has 101 heavy (non-hydrogen) atoms. The Morgan fingerprint density at radius 1 is 0.287 bits per heavy atom. The first-order valence-corrected chi connectivity index (χ1v) is 42.1. The zero-order chi connectivity index (χ0) is 73.7. The lowest BCUT2D eigenvalue weighted by atomic mass is 10.0. The molecule has 0 rings (SSSR count). The molecule has 0 aliphatic rings. The van der Waals surface area contributed by atoms with Crippen LogP contribution in [0.15, 0.2) is 146 Å². The maximum Gasteiger partial charge on any atom is 0.472 e. The molecule has 0 aromatic carbocycles. The number of aliphatic hydroxyl groups is 2. The van der Waals surface area contributed by atoms with Gasteiger partial charge < -0.3 is 34.2 Å². The van der Waals surface area contributed by atoms with Crippen LogP contribution in [-0.4, -0.2) is 95.9 Å². The Balaban J connectivity index is 4.49. The van der Waals surface area contributed by atoms with Crippen LogP contribution in [0, 0.1) is 0 Å². The van der Waals surface area contributed by atoms with Crippen LogP contribution in [-0.2, 0) is 55.8 Å². The van der Waals surface area contributed by atoms with E-state index in [0.717, 1.165) is 167 Å². The van der Waals surface area contributed by atoms with E-state index in [0.29, 0.717) is 19.3 Å². The van der Waals surface area contributed by atoms with Crippen LogP contribution in [0.25, 0.3) is 0 Å². The Bertz CT molecular complexity index is 2420. The molecule has 0 fully saturated rings. The summed E-state index contributed by atoms with van der Waals surface area (Å²) >= 11 is 0. The lowest BCUT2D eigenvalue weighted by Gasteiger charge is -2.21. The molecule has 0 amide bonds. The normalized spacial score (nSPS) is 14.8. The van der Waals surface area contributed by atoms with E-state index in [9.17, 15) is 43.5 Å². The highest BCUT2D eigenvalue weighted by molar-refractivity contribution is 7.47. The van der Waals surface area contributed by atoms with E-state index >= 15 is 0 Å². The summed E-state index contributed by atoms with van der Waals surface area (Å²) in [7, 11) is -9.80. The van der Waals surface area contributed by atoms with E-state index in [4.69, 9.17) is 32.3 Å². The van der Waals surface area contributed by atoms with Gasteiger partial charge in [0.2, 0.25) is 0 Å². The Labute approximate surface area is 613 Å². The van der Waals surface area contributed by atoms with Gasteiger partial charge in [-0.1, -0.05) is 289 Å². The molecule has 0 spiro atoms. The average Bonchev–Trinajstić information content (AvgIpc) is 0.936. The van der Waals surface area contributed by atoms with Crippen LogP contribution in [0.4, 0.5) is 0 Å². The predicted octanol–water partition coefficient (Wildman–Crippen LogP) is 22.9. The van der Waals surface area contributed by atoms with Gasteiger partial charge in [-0.05, 0) is 141 Å². The third kappa shape index (κ3) is 76.4. The quantitative estimate of drug-likeness (QED) is 0.0146. The molecule has 0 aliphatic heterocycles. The molecule has 0 heterocycles. The Morgan fingerprint density at radius 3 is 0.871 bits per heavy atom. The SMILES string of the molecule is CC/C=C\C/C=C\C/C=C\C/C=C\C/C=C\C/C=C\CCCCCCCCCCCCCCC(=O)OCC(O)COP(=O)(O)OCC(O)COP(=O)(O)OCC(COC(=O)CCCCCCC/C=C\C/C=C\C/C=C\C/C=C\CCCCC)OC(=O)CCCCCCC/C=C\C/C=C\CCC. The molecule has 5 unspecified atom stereocenters. The molecule has 0 saturated heterocycles. The Morgan fingerprint density at radius 2 is 0.545 bits per heavy atom. The molecule has 4 N–H and O–H groups in total. The second kappa shape index (κ2) is 75.1. The Hall–Kier alpha value is -4.57. The summed E-state index contributed by atoms with van der Waals surface area (Å²) in [5, 5.41) is 20.6. The minimum atomic E-state index is -4.94. The second-order valence-corrected chi connectivity index (χ2v) is 28.7. The molecule has 16 nitrogen and oxygen atoms in total. The van der Waals surface area contributed by atoms with E-state index in [2.05, 4.69) is 167 Å². The number of aliphatic hydroxyl groups excluding tert-OH is 2. The van der Waals surface area contributed by atoms with Crippen molar-refractivity contribution in [2.45, 2.75) is 322 Å². The molecule has 0 saturated carbocycles. The highest BCUT2D eigenvalue weighted by atomic mass is 31.2. The Kier molecular flexibility index (Phi) is 71.7. The average molecular weight is 1460 g/mol. The van der Waals surface area contributed by atoms with Crippen LogP contribution >= 0.6 is 15.6 Å². The van der Waals surface area contributed by atoms with Gasteiger partial charge in [0.15, 0.2) is 6.10 Å². The van der Waals surface area contributed by atoms with Crippen molar-refractivity contribution in [2.24, 2.45) is 0 Å². The number of phosphoric ester groups is 2. The number of rotatable bonds is 73. The van der Waals surface area contributed by atoms with Gasteiger partial charge in [0.25, 0.3) is 0 Å². The lowest BCUT2D eigenvalue weighted by molar-refractivity contribution is -0.161. The standard InChI is InChI=1S/C83H140O16P2/c1-4-7-10-13-16-19-22-25-27-29-31-33-34-35-36-37-38-39-40-41-42-44-46-47-49-52-54-57-60-63-66-69-81(86)93-72-78(84)73-95-100(89,90)96-74-79(85)75-97-101(91,92)98-77-80(99-83(88)71-68-65-62-59-56-51-24-21-18-15-12-9-6-3)76-94-82(87)70-67-64-61-58-55-53-50-48-45-43-32-30-28-26-23-20-17-14-11-8-5-2/h7,10,12,15-17,19-21,24-28,31-33,35-36,38-39,43,48,50,78-80,84-85H,4-6,8-9,11,13-14,18,22-23,29-30,34,37,40-42,44-47,49,51-77H2,1-3H3,(H,89,90)(H,91,92)/b10-7-,15-12-,19-16-,20-17-,24-21-,27-25-,28-26-,33-31-,36-35-,39-38-,43-32-,50-48-. The smallest absolute Gasteiger partial charge is 0.463 e. The summed E-state index contributed by atoms with van der Waals surface area (Å²) in [6.07, 6.45) is 91.9. The van der Waals surface area contributed by atoms with E-state index in [1.165, 1.54) is 77.0 Å². The molecule has 5 atom stereocenters. The van der Waals surface area contributed by atoms with Crippen molar-refractivity contribution in [3.05, 3.63) is 146 Å². The van der Waals surface area contributed by atoms with Gasteiger partial charge in [-0.2, -0.15) is 0 Å². The van der Waals surface area contributed by atoms with Crippen molar-refractivity contribution in [1.82, 2.24) is 0 Å². The molecule has 0 aromatic heterocycles. The number of phosphoric acid groups is 2. The molecule has 0 radical (unpaired) electrons. The lowest BCUT2D eigenvalue weighted by Crippen LogP contribution is -2.30. The summed E-state index contributed by atoms with van der Waals surface area (Å²) in [4.78, 5) is 58.6. The number of carbonyl (C=O) groups is 3. The minimum absolute atomic E-state index is 0.0808. The molecular weight excluding hydrogens is 1310 g/mol. The van der Waals surface area contributed by atoms with Crippen molar-refractivity contribution >= 4 is 33.6 Å². The predicted molar refractivity (Wildman–Crippen MR) is 417 cm³/mol. The molecule has 0 aliphatic carbocycles. The number of unbranched alkanes of at least 4 members (excludes halogenated alkanes) is 26. The first-order chi connectivity index (χ1) is 49.2. The van der Waals surface area contributed by atoms with E-state index in [-0.39, 0.29) is 19.3 Å². The van der Waals surface area contributed by atoms with Crippen LogP contribution in [0.2, 0.25) is 0 Å². The molecule has 18 heteroatoms. The number of allylic oxidation sites excluding steroid dienone is 24. The zero-order valence-electron chi connectivity index (χ0n) is 63.0. The summed E-state index contributed by atoms with van der Waals surface area (Å²) < 4.78 is 61.0. The number of hydrogen-bond acceptors (Lipinski definition) is 14. The van der Waals surface area contributed by atoms with E-state index < -0.39 is 91.5 Å². The zero-order valence-corrected chi connectivity index (χ0v) is 64.8. The fourth-order valence-electron chi connectivity index (χ4n) is 10.1. The molecular formula is C83H140O16P2. The third-order valence-electron chi connectivity index (χ3n) is 16.0. The van der Waals surface area contributed by atoms with Crippen molar-refractivity contribution in [3.8, 4) is 0 Å². The van der Waals surface area contributed by atoms with Crippen LogP contribution in [0.1, 0.15) is 303 Å². The van der Waals surface area contributed by atoms with Crippen LogP contribution in [0.5, 0.6) is 0 Å². The van der Waals surface area contributed by atoms with Crippen LogP contribution < -0.4 is 0 Å². The van der Waals surface area contributed by atoms with Crippen molar-refractivity contribution in [2.75, 3.05) is 39.6 Å². The summed E-state index contributed by atoms with van der Waals surface area (Å²) in [6, 6.07) is 0. The van der Waals surface area contributed by atoms with Crippen molar-refractivity contribution in [3.63, 3.8) is 0 Å². The minimum Gasteiger partial charge on any atom is -0.463 e. The maximum atomic E-state index is 12.9. The molecule has 0 aromatic rings. The number of esters is 3. The third-order valence-corrected chi connectivity index (χ3v) is 17.9. The van der Waals surface area contributed by atoms with Crippen LogP contribution in [0.3, 0.4) is 0 Å². The summed E-state index contributed by atoms with van der Waals surface area (Å²) in [5.41, 5.74) is 0.